The van der Waals surface area contributed by atoms with E-state index < -0.39 is 5.60 Å². The second-order valence-electron chi connectivity index (χ2n) is 7.49. The molecule has 0 aromatic rings. The number of alkyl carbamates (subject to hydrolysis) is 1. The number of carbonyl (C=O) groups is 1. The summed E-state index contributed by atoms with van der Waals surface area (Å²) < 4.78 is 5.74. The molecule has 2 aliphatic rings. The highest BCUT2D eigenvalue weighted by Gasteiger charge is 2.36. The van der Waals surface area contributed by atoms with E-state index in [0.717, 1.165) is 19.4 Å². The highest BCUT2D eigenvalue weighted by molar-refractivity contribution is 8.00. The lowest BCUT2D eigenvalue weighted by Gasteiger charge is -2.39. The Hall–Kier alpha value is -0.420. The standard InChI is InChI=1S/C16H30N2O2S/c1-15(2,3)20-14(19)18-13-9-12(10-13)17-11-16(21-4)7-5-6-8-16/h12-13,17H,5-11H2,1-4H3,(H,18,19). The van der Waals surface area contributed by atoms with Crippen LogP contribution in [-0.4, -0.2) is 41.3 Å². The lowest BCUT2D eigenvalue weighted by Crippen LogP contribution is -2.55. The molecule has 0 unspecified atom stereocenters. The van der Waals surface area contributed by atoms with Crippen molar-refractivity contribution in [2.75, 3.05) is 12.8 Å². The van der Waals surface area contributed by atoms with Crippen molar-refractivity contribution < 1.29 is 9.53 Å². The van der Waals surface area contributed by atoms with Crippen LogP contribution in [0.25, 0.3) is 0 Å². The highest BCUT2D eigenvalue weighted by Crippen LogP contribution is 2.40. The Morgan fingerprint density at radius 1 is 1.24 bits per heavy atom. The molecule has 5 heteroatoms. The molecule has 0 spiro atoms. The summed E-state index contributed by atoms with van der Waals surface area (Å²) in [7, 11) is 0. The zero-order valence-corrected chi connectivity index (χ0v) is 14.6. The van der Waals surface area contributed by atoms with Crippen molar-refractivity contribution in [2.45, 2.75) is 81.7 Å². The van der Waals surface area contributed by atoms with Gasteiger partial charge in [0.05, 0.1) is 0 Å². The molecule has 0 aromatic carbocycles. The fourth-order valence-corrected chi connectivity index (χ4v) is 4.10. The molecular weight excluding hydrogens is 284 g/mol. The van der Waals surface area contributed by atoms with E-state index in [9.17, 15) is 4.79 Å². The van der Waals surface area contributed by atoms with Gasteiger partial charge in [-0.3, -0.25) is 0 Å². The number of amides is 1. The smallest absolute Gasteiger partial charge is 0.407 e. The summed E-state index contributed by atoms with van der Waals surface area (Å²) >= 11 is 2.02. The average Bonchev–Trinajstić information content (AvgIpc) is 2.79. The molecule has 0 aromatic heterocycles. The lowest BCUT2D eigenvalue weighted by atomic mass is 9.86. The summed E-state index contributed by atoms with van der Waals surface area (Å²) in [6, 6.07) is 0.820. The Labute approximate surface area is 133 Å². The van der Waals surface area contributed by atoms with Gasteiger partial charge in [-0.25, -0.2) is 4.79 Å². The van der Waals surface area contributed by atoms with Crippen molar-refractivity contribution in [1.82, 2.24) is 10.6 Å². The van der Waals surface area contributed by atoms with Gasteiger partial charge in [0.1, 0.15) is 5.60 Å². The van der Waals surface area contributed by atoms with E-state index in [2.05, 4.69) is 16.9 Å². The molecule has 4 nitrogen and oxygen atoms in total. The molecule has 1 amide bonds. The Kier molecular flexibility index (Phi) is 5.47. The zero-order chi connectivity index (χ0) is 15.5. The van der Waals surface area contributed by atoms with E-state index in [1.165, 1.54) is 25.7 Å². The third-order valence-corrected chi connectivity index (χ3v) is 5.94. The first-order valence-corrected chi connectivity index (χ1v) is 9.32. The van der Waals surface area contributed by atoms with Crippen LogP contribution in [0.1, 0.15) is 59.3 Å². The Morgan fingerprint density at radius 2 is 1.86 bits per heavy atom. The van der Waals surface area contributed by atoms with Crippen LogP contribution in [0.15, 0.2) is 0 Å². The lowest BCUT2D eigenvalue weighted by molar-refractivity contribution is 0.0465. The Morgan fingerprint density at radius 3 is 2.38 bits per heavy atom. The van der Waals surface area contributed by atoms with Crippen molar-refractivity contribution in [3.63, 3.8) is 0 Å². The fourth-order valence-electron chi connectivity index (χ4n) is 3.18. The number of hydrogen-bond acceptors (Lipinski definition) is 4. The van der Waals surface area contributed by atoms with Gasteiger partial charge in [0.15, 0.2) is 0 Å². The summed E-state index contributed by atoms with van der Waals surface area (Å²) in [5, 5.41) is 6.64. The maximum absolute atomic E-state index is 11.7. The molecule has 0 bridgehead atoms. The quantitative estimate of drug-likeness (QED) is 0.817. The minimum Gasteiger partial charge on any atom is -0.444 e. The van der Waals surface area contributed by atoms with Gasteiger partial charge in [-0.1, -0.05) is 12.8 Å². The van der Waals surface area contributed by atoms with E-state index in [1.54, 1.807) is 0 Å². The molecule has 0 heterocycles. The number of hydrogen-bond donors (Lipinski definition) is 2. The monoisotopic (exact) mass is 314 g/mol. The maximum Gasteiger partial charge on any atom is 0.407 e. The van der Waals surface area contributed by atoms with Crippen molar-refractivity contribution in [3.8, 4) is 0 Å². The molecule has 122 valence electrons. The molecule has 2 rings (SSSR count). The first kappa shape index (κ1) is 16.9. The molecule has 2 N–H and O–H groups in total. The third kappa shape index (κ3) is 5.06. The SMILES string of the molecule is CSC1(CNC2CC(NC(=O)OC(C)(C)C)C2)CCCC1. The zero-order valence-electron chi connectivity index (χ0n) is 13.8. The molecule has 2 fully saturated rings. The number of carbonyl (C=O) groups excluding carboxylic acids is 1. The van der Waals surface area contributed by atoms with Gasteiger partial charge >= 0.3 is 6.09 Å². The molecule has 0 aliphatic heterocycles. The summed E-state index contributed by atoms with van der Waals surface area (Å²) in [5.41, 5.74) is -0.418. The van der Waals surface area contributed by atoms with Gasteiger partial charge in [0.25, 0.3) is 0 Å². The van der Waals surface area contributed by atoms with E-state index >= 15 is 0 Å². The summed E-state index contributed by atoms with van der Waals surface area (Å²) in [4.78, 5) is 11.7. The van der Waals surface area contributed by atoms with Crippen molar-refractivity contribution in [1.29, 1.82) is 0 Å². The van der Waals surface area contributed by atoms with Gasteiger partial charge in [-0.15, -0.1) is 0 Å². The summed E-state index contributed by atoms with van der Waals surface area (Å²) in [6.07, 6.45) is 9.41. The van der Waals surface area contributed by atoms with Crippen LogP contribution < -0.4 is 10.6 Å². The van der Waals surface area contributed by atoms with Crippen LogP contribution in [0, 0.1) is 0 Å². The van der Waals surface area contributed by atoms with Gasteiger partial charge in [0.2, 0.25) is 0 Å². The topological polar surface area (TPSA) is 50.4 Å². The minimum absolute atomic E-state index is 0.270. The second kappa shape index (κ2) is 6.78. The first-order valence-electron chi connectivity index (χ1n) is 8.10. The largest absolute Gasteiger partial charge is 0.444 e. The van der Waals surface area contributed by atoms with Gasteiger partial charge in [-0.05, 0) is 52.7 Å². The highest BCUT2D eigenvalue weighted by atomic mass is 32.2. The predicted molar refractivity (Wildman–Crippen MR) is 88.9 cm³/mol. The van der Waals surface area contributed by atoms with Crippen LogP contribution in [0.5, 0.6) is 0 Å². The number of nitrogens with one attached hydrogen (secondary N) is 2. The third-order valence-electron chi connectivity index (χ3n) is 4.52. The van der Waals surface area contributed by atoms with E-state index in [0.29, 0.717) is 10.8 Å². The molecule has 0 radical (unpaired) electrons. The van der Waals surface area contributed by atoms with Crippen LogP contribution in [0.4, 0.5) is 4.79 Å². The molecular formula is C16H30N2O2S. The maximum atomic E-state index is 11.7. The van der Waals surface area contributed by atoms with Crippen LogP contribution in [-0.2, 0) is 4.74 Å². The molecule has 2 aliphatic carbocycles. The van der Waals surface area contributed by atoms with Crippen molar-refractivity contribution >= 4 is 17.9 Å². The van der Waals surface area contributed by atoms with E-state index in [4.69, 9.17) is 4.74 Å². The van der Waals surface area contributed by atoms with Crippen LogP contribution in [0.2, 0.25) is 0 Å². The Balaban J connectivity index is 1.62. The summed E-state index contributed by atoms with van der Waals surface area (Å²) in [6.45, 7) is 6.78. The average molecular weight is 314 g/mol. The van der Waals surface area contributed by atoms with E-state index in [1.807, 2.05) is 32.5 Å². The predicted octanol–water partition coefficient (Wildman–Crippen LogP) is 3.31. The molecule has 0 atom stereocenters. The van der Waals surface area contributed by atoms with Crippen LogP contribution >= 0.6 is 11.8 Å². The molecule has 2 saturated carbocycles. The number of rotatable bonds is 5. The van der Waals surface area contributed by atoms with Crippen molar-refractivity contribution in [2.24, 2.45) is 0 Å². The summed E-state index contributed by atoms with van der Waals surface area (Å²) in [5.74, 6) is 0. The number of thioether (sulfide) groups is 1. The molecule has 0 saturated heterocycles. The van der Waals surface area contributed by atoms with Gasteiger partial charge < -0.3 is 15.4 Å². The van der Waals surface area contributed by atoms with Crippen LogP contribution in [0.3, 0.4) is 0 Å². The first-order chi connectivity index (χ1) is 9.82. The van der Waals surface area contributed by atoms with E-state index in [-0.39, 0.29) is 12.1 Å². The minimum atomic E-state index is -0.418. The molecule has 21 heavy (non-hydrogen) atoms. The fraction of sp³-hybridized carbons (Fsp3) is 0.938. The Bertz CT molecular complexity index is 356. The van der Waals surface area contributed by atoms with Gasteiger partial charge in [0, 0.05) is 23.4 Å². The second-order valence-corrected chi connectivity index (χ2v) is 8.76. The normalized spacial score (nSPS) is 28.0. The number of ether oxygens (including phenoxy) is 1. The van der Waals surface area contributed by atoms with Gasteiger partial charge in [-0.2, -0.15) is 11.8 Å². The van der Waals surface area contributed by atoms with Crippen molar-refractivity contribution in [3.05, 3.63) is 0 Å².